The Hall–Kier alpha value is -2.04. The minimum Gasteiger partial charge on any atom is -0.351 e. The van der Waals surface area contributed by atoms with E-state index < -0.39 is 17.2 Å². The molecule has 0 saturated carbocycles. The molecule has 0 unspecified atom stereocenters. The Kier molecular flexibility index (Phi) is 5.86. The molecular formula is C18H18Cl2N2O2. The van der Waals surface area contributed by atoms with Gasteiger partial charge in [0.1, 0.15) is 5.41 Å². The molecule has 2 rings (SSSR count). The van der Waals surface area contributed by atoms with Crippen LogP contribution in [0.15, 0.2) is 48.5 Å². The first-order valence-electron chi connectivity index (χ1n) is 7.40. The Bertz CT molecular complexity index is 760. The first-order valence-corrected chi connectivity index (χ1v) is 8.15. The van der Waals surface area contributed by atoms with Gasteiger partial charge in [0, 0.05) is 11.6 Å². The summed E-state index contributed by atoms with van der Waals surface area (Å²) in [5.74, 6) is -0.834. The number of para-hydroxylation sites is 1. The SMILES string of the molecule is CC(C)(C(=O)NCc1ccccc1Cl)C(=O)Nc1ccccc1Cl. The van der Waals surface area contributed by atoms with Gasteiger partial charge in [0.05, 0.1) is 10.7 Å². The molecule has 0 aliphatic heterocycles. The monoisotopic (exact) mass is 364 g/mol. The quantitative estimate of drug-likeness (QED) is 0.778. The van der Waals surface area contributed by atoms with Gasteiger partial charge < -0.3 is 10.6 Å². The van der Waals surface area contributed by atoms with Crippen LogP contribution in [0.2, 0.25) is 10.0 Å². The third-order valence-corrected chi connectivity index (χ3v) is 4.35. The third kappa shape index (κ3) is 4.28. The summed E-state index contributed by atoms with van der Waals surface area (Å²) in [5, 5.41) is 6.41. The number of anilines is 1. The van der Waals surface area contributed by atoms with E-state index in [1.807, 2.05) is 18.2 Å². The maximum Gasteiger partial charge on any atom is 0.239 e. The molecule has 2 amide bonds. The van der Waals surface area contributed by atoms with E-state index in [1.54, 1.807) is 44.2 Å². The number of halogens is 2. The largest absolute Gasteiger partial charge is 0.351 e. The molecule has 4 nitrogen and oxygen atoms in total. The zero-order chi connectivity index (χ0) is 17.7. The summed E-state index contributed by atoms with van der Waals surface area (Å²) in [4.78, 5) is 24.9. The van der Waals surface area contributed by atoms with Gasteiger partial charge in [-0.1, -0.05) is 53.5 Å². The van der Waals surface area contributed by atoms with Crippen molar-refractivity contribution in [3.63, 3.8) is 0 Å². The summed E-state index contributed by atoms with van der Waals surface area (Å²) in [7, 11) is 0. The number of rotatable bonds is 5. The van der Waals surface area contributed by atoms with Crippen LogP contribution in [0.5, 0.6) is 0 Å². The van der Waals surface area contributed by atoms with Crippen LogP contribution >= 0.6 is 23.2 Å². The van der Waals surface area contributed by atoms with E-state index >= 15 is 0 Å². The van der Waals surface area contributed by atoms with Crippen molar-refractivity contribution < 1.29 is 9.59 Å². The van der Waals surface area contributed by atoms with Crippen molar-refractivity contribution in [1.29, 1.82) is 0 Å². The average Bonchev–Trinajstić information content (AvgIpc) is 2.55. The lowest BCUT2D eigenvalue weighted by Gasteiger charge is -2.23. The molecule has 0 aliphatic carbocycles. The molecule has 0 fully saturated rings. The lowest BCUT2D eigenvalue weighted by Crippen LogP contribution is -2.44. The summed E-state index contributed by atoms with van der Waals surface area (Å²) in [6, 6.07) is 14.1. The molecule has 0 spiro atoms. The smallest absolute Gasteiger partial charge is 0.239 e. The van der Waals surface area contributed by atoms with Gasteiger partial charge in [0.2, 0.25) is 11.8 Å². The van der Waals surface area contributed by atoms with Gasteiger partial charge in [-0.25, -0.2) is 0 Å². The van der Waals surface area contributed by atoms with Crippen molar-refractivity contribution in [3.8, 4) is 0 Å². The molecule has 126 valence electrons. The second kappa shape index (κ2) is 7.69. The van der Waals surface area contributed by atoms with Crippen LogP contribution in [-0.4, -0.2) is 11.8 Å². The Labute approximate surface area is 151 Å². The average molecular weight is 365 g/mol. The van der Waals surface area contributed by atoms with Crippen molar-refractivity contribution in [2.45, 2.75) is 20.4 Å². The van der Waals surface area contributed by atoms with Crippen LogP contribution in [0.25, 0.3) is 0 Å². The van der Waals surface area contributed by atoms with E-state index in [1.165, 1.54) is 0 Å². The fourth-order valence-electron chi connectivity index (χ4n) is 1.98. The van der Waals surface area contributed by atoms with Crippen molar-refractivity contribution in [2.24, 2.45) is 5.41 Å². The molecule has 0 radical (unpaired) electrons. The van der Waals surface area contributed by atoms with Gasteiger partial charge in [-0.05, 0) is 37.6 Å². The summed E-state index contributed by atoms with van der Waals surface area (Å²) in [6.07, 6.45) is 0. The second-order valence-corrected chi connectivity index (χ2v) is 6.65. The van der Waals surface area contributed by atoms with Gasteiger partial charge in [0.15, 0.2) is 0 Å². The lowest BCUT2D eigenvalue weighted by atomic mass is 9.90. The number of nitrogens with one attached hydrogen (secondary N) is 2. The standard InChI is InChI=1S/C18H18Cl2N2O2/c1-18(2,17(24)22-15-10-6-5-9-14(15)20)16(23)21-11-12-7-3-4-8-13(12)19/h3-10H,11H2,1-2H3,(H,21,23)(H,22,24). The zero-order valence-corrected chi connectivity index (χ0v) is 14.9. The minimum absolute atomic E-state index is 0.251. The van der Waals surface area contributed by atoms with Crippen molar-refractivity contribution in [1.82, 2.24) is 5.32 Å². The number of carbonyl (C=O) groups is 2. The molecule has 2 N–H and O–H groups in total. The van der Waals surface area contributed by atoms with Gasteiger partial charge in [-0.3, -0.25) is 9.59 Å². The third-order valence-electron chi connectivity index (χ3n) is 3.65. The molecule has 24 heavy (non-hydrogen) atoms. The summed E-state index contributed by atoms with van der Waals surface area (Å²) in [5.41, 5.74) is -0.00793. The van der Waals surface area contributed by atoms with E-state index in [2.05, 4.69) is 10.6 Å². The highest BCUT2D eigenvalue weighted by molar-refractivity contribution is 6.34. The molecule has 0 atom stereocenters. The molecule has 0 saturated heterocycles. The fraction of sp³-hybridized carbons (Fsp3) is 0.222. The van der Waals surface area contributed by atoms with Crippen molar-refractivity contribution >= 4 is 40.7 Å². The van der Waals surface area contributed by atoms with E-state index in [4.69, 9.17) is 23.2 Å². The molecule has 0 aromatic heterocycles. The highest BCUT2D eigenvalue weighted by atomic mass is 35.5. The number of amides is 2. The van der Waals surface area contributed by atoms with Crippen LogP contribution in [0.4, 0.5) is 5.69 Å². The Morgan fingerprint density at radius 3 is 2.12 bits per heavy atom. The zero-order valence-electron chi connectivity index (χ0n) is 13.4. The van der Waals surface area contributed by atoms with Crippen LogP contribution in [-0.2, 0) is 16.1 Å². The van der Waals surface area contributed by atoms with Crippen molar-refractivity contribution in [3.05, 3.63) is 64.1 Å². The molecule has 6 heteroatoms. The number of benzene rings is 2. The Morgan fingerprint density at radius 2 is 1.50 bits per heavy atom. The molecule has 0 bridgehead atoms. The van der Waals surface area contributed by atoms with Crippen LogP contribution in [0, 0.1) is 5.41 Å². The lowest BCUT2D eigenvalue weighted by molar-refractivity contribution is -0.138. The topological polar surface area (TPSA) is 58.2 Å². The van der Waals surface area contributed by atoms with E-state index in [-0.39, 0.29) is 6.54 Å². The number of hydrogen-bond acceptors (Lipinski definition) is 2. The normalized spacial score (nSPS) is 11.0. The van der Waals surface area contributed by atoms with Crippen LogP contribution in [0.3, 0.4) is 0 Å². The van der Waals surface area contributed by atoms with E-state index in [0.29, 0.717) is 15.7 Å². The minimum atomic E-state index is -1.26. The molecule has 0 aliphatic rings. The first kappa shape index (κ1) is 18.3. The van der Waals surface area contributed by atoms with Gasteiger partial charge >= 0.3 is 0 Å². The molecular weight excluding hydrogens is 347 g/mol. The second-order valence-electron chi connectivity index (χ2n) is 5.83. The van der Waals surface area contributed by atoms with Gasteiger partial charge in [-0.15, -0.1) is 0 Å². The molecule has 0 heterocycles. The summed E-state index contributed by atoms with van der Waals surface area (Å²) < 4.78 is 0. The highest BCUT2D eigenvalue weighted by Crippen LogP contribution is 2.24. The van der Waals surface area contributed by atoms with Crippen LogP contribution in [0.1, 0.15) is 19.4 Å². The Balaban J connectivity index is 2.03. The van der Waals surface area contributed by atoms with E-state index in [9.17, 15) is 9.59 Å². The van der Waals surface area contributed by atoms with Gasteiger partial charge in [-0.2, -0.15) is 0 Å². The number of hydrogen-bond donors (Lipinski definition) is 2. The summed E-state index contributed by atoms with van der Waals surface area (Å²) >= 11 is 12.1. The predicted molar refractivity (Wildman–Crippen MR) is 97.2 cm³/mol. The Morgan fingerprint density at radius 1 is 0.917 bits per heavy atom. The van der Waals surface area contributed by atoms with Gasteiger partial charge in [0.25, 0.3) is 0 Å². The maximum absolute atomic E-state index is 12.4. The van der Waals surface area contributed by atoms with Crippen molar-refractivity contribution in [2.75, 3.05) is 5.32 Å². The molecule has 2 aromatic rings. The predicted octanol–water partition coefficient (Wildman–Crippen LogP) is 4.27. The summed E-state index contributed by atoms with van der Waals surface area (Å²) in [6.45, 7) is 3.36. The first-order chi connectivity index (χ1) is 11.3. The fourth-order valence-corrected chi connectivity index (χ4v) is 2.37. The van der Waals surface area contributed by atoms with Crippen LogP contribution < -0.4 is 10.6 Å². The number of carbonyl (C=O) groups excluding carboxylic acids is 2. The molecule has 2 aromatic carbocycles. The van der Waals surface area contributed by atoms with E-state index in [0.717, 1.165) is 5.56 Å². The highest BCUT2D eigenvalue weighted by Gasteiger charge is 2.36. The maximum atomic E-state index is 12.4.